The molecule has 5 heteroatoms. The van der Waals surface area contributed by atoms with Crippen LogP contribution in [-0.4, -0.2) is 29.0 Å². The minimum absolute atomic E-state index is 0.160. The van der Waals surface area contributed by atoms with Crippen LogP contribution >= 0.6 is 0 Å². The predicted molar refractivity (Wildman–Crippen MR) is 98.8 cm³/mol. The van der Waals surface area contributed by atoms with Gasteiger partial charge in [-0.05, 0) is 62.7 Å². The zero-order valence-corrected chi connectivity index (χ0v) is 14.3. The van der Waals surface area contributed by atoms with Gasteiger partial charge in [0.1, 0.15) is 5.69 Å². The summed E-state index contributed by atoms with van der Waals surface area (Å²) in [5.74, 6) is -0.160. The minimum Gasteiger partial charge on any atom is -0.372 e. The molecule has 0 aliphatic rings. The molecule has 124 valence electrons. The molecule has 0 aliphatic heterocycles. The largest absolute Gasteiger partial charge is 0.372 e. The Kier molecular flexibility index (Phi) is 4.51. The maximum absolute atomic E-state index is 12.5. The highest BCUT2D eigenvalue weighted by Gasteiger charge is 2.12. The molecule has 5 nitrogen and oxygen atoms in total. The Balaban J connectivity index is 1.81. The lowest BCUT2D eigenvalue weighted by atomic mass is 10.1. The standard InChI is InChI=1S/C19H22N4O/c1-4-23(5-2)14-8-9-15(13(3)11-14)22-19(24)18-12-17-16(21-18)7-6-10-20-17/h6-12,21H,4-5H2,1-3H3,(H,22,24). The lowest BCUT2D eigenvalue weighted by Gasteiger charge is -2.22. The van der Waals surface area contributed by atoms with Gasteiger partial charge in [0.05, 0.1) is 11.0 Å². The van der Waals surface area contributed by atoms with Crippen molar-refractivity contribution < 1.29 is 4.79 Å². The molecular formula is C19H22N4O. The van der Waals surface area contributed by atoms with Crippen molar-refractivity contribution in [1.82, 2.24) is 9.97 Å². The van der Waals surface area contributed by atoms with Gasteiger partial charge >= 0.3 is 0 Å². The first-order valence-electron chi connectivity index (χ1n) is 8.23. The lowest BCUT2D eigenvalue weighted by molar-refractivity contribution is 0.102. The first kappa shape index (κ1) is 16.1. The molecule has 2 aromatic heterocycles. The Bertz CT molecular complexity index is 832. The van der Waals surface area contributed by atoms with Gasteiger partial charge in [0.2, 0.25) is 0 Å². The van der Waals surface area contributed by atoms with Gasteiger partial charge in [-0.25, -0.2) is 0 Å². The molecule has 0 atom stereocenters. The summed E-state index contributed by atoms with van der Waals surface area (Å²) in [6.07, 6.45) is 1.72. The zero-order valence-electron chi connectivity index (χ0n) is 14.3. The molecule has 0 aliphatic carbocycles. The lowest BCUT2D eigenvalue weighted by Crippen LogP contribution is -2.22. The third-order valence-corrected chi connectivity index (χ3v) is 4.22. The van der Waals surface area contributed by atoms with E-state index in [2.05, 4.69) is 40.1 Å². The number of H-pyrrole nitrogens is 1. The number of anilines is 2. The van der Waals surface area contributed by atoms with Gasteiger partial charge in [0.25, 0.3) is 5.91 Å². The van der Waals surface area contributed by atoms with Crippen LogP contribution in [-0.2, 0) is 0 Å². The molecule has 0 radical (unpaired) electrons. The molecule has 0 fully saturated rings. The second-order valence-electron chi connectivity index (χ2n) is 5.74. The number of amides is 1. The maximum atomic E-state index is 12.5. The van der Waals surface area contributed by atoms with Gasteiger partial charge in [-0.15, -0.1) is 0 Å². The van der Waals surface area contributed by atoms with Crippen LogP contribution in [0.25, 0.3) is 11.0 Å². The summed E-state index contributed by atoms with van der Waals surface area (Å²) < 4.78 is 0. The molecule has 1 aromatic carbocycles. The second-order valence-corrected chi connectivity index (χ2v) is 5.74. The molecule has 2 N–H and O–H groups in total. The third-order valence-electron chi connectivity index (χ3n) is 4.22. The van der Waals surface area contributed by atoms with E-state index >= 15 is 0 Å². The Morgan fingerprint density at radius 3 is 2.67 bits per heavy atom. The van der Waals surface area contributed by atoms with Crippen molar-refractivity contribution in [3.63, 3.8) is 0 Å². The van der Waals surface area contributed by atoms with Crippen LogP contribution in [0.15, 0.2) is 42.6 Å². The molecule has 3 rings (SSSR count). The Hall–Kier alpha value is -2.82. The highest BCUT2D eigenvalue weighted by atomic mass is 16.1. The van der Waals surface area contributed by atoms with E-state index < -0.39 is 0 Å². The van der Waals surface area contributed by atoms with Crippen molar-refractivity contribution in [1.29, 1.82) is 0 Å². The summed E-state index contributed by atoms with van der Waals surface area (Å²) in [7, 11) is 0. The van der Waals surface area contributed by atoms with E-state index in [9.17, 15) is 4.79 Å². The van der Waals surface area contributed by atoms with Gasteiger partial charge in [-0.1, -0.05) is 0 Å². The number of nitrogens with zero attached hydrogens (tertiary/aromatic N) is 2. The number of rotatable bonds is 5. The second kappa shape index (κ2) is 6.74. The van der Waals surface area contributed by atoms with Gasteiger partial charge in [0.15, 0.2) is 0 Å². The Morgan fingerprint density at radius 2 is 2.00 bits per heavy atom. The smallest absolute Gasteiger partial charge is 0.272 e. The van der Waals surface area contributed by atoms with E-state index in [1.165, 1.54) is 5.69 Å². The molecule has 2 heterocycles. The van der Waals surface area contributed by atoms with E-state index in [0.717, 1.165) is 35.4 Å². The van der Waals surface area contributed by atoms with Crippen molar-refractivity contribution in [3.05, 3.63) is 53.9 Å². The van der Waals surface area contributed by atoms with Crippen LogP contribution in [0.5, 0.6) is 0 Å². The average Bonchev–Trinajstić information content (AvgIpc) is 3.02. The van der Waals surface area contributed by atoms with Crippen LogP contribution in [0, 0.1) is 6.92 Å². The van der Waals surface area contributed by atoms with Gasteiger partial charge in [-0.3, -0.25) is 9.78 Å². The molecule has 0 saturated heterocycles. The highest BCUT2D eigenvalue weighted by molar-refractivity contribution is 6.05. The number of benzene rings is 1. The molecule has 0 bridgehead atoms. The number of nitrogens with one attached hydrogen (secondary N) is 2. The number of aryl methyl sites for hydroxylation is 1. The molecule has 24 heavy (non-hydrogen) atoms. The fourth-order valence-electron chi connectivity index (χ4n) is 2.84. The molecule has 1 amide bonds. The molecular weight excluding hydrogens is 300 g/mol. The Morgan fingerprint density at radius 1 is 1.21 bits per heavy atom. The van der Waals surface area contributed by atoms with Gasteiger partial charge < -0.3 is 15.2 Å². The van der Waals surface area contributed by atoms with Crippen molar-refractivity contribution in [2.45, 2.75) is 20.8 Å². The van der Waals surface area contributed by atoms with Gasteiger partial charge in [0, 0.05) is 30.7 Å². The number of hydrogen-bond acceptors (Lipinski definition) is 3. The van der Waals surface area contributed by atoms with Crippen LogP contribution in [0.4, 0.5) is 11.4 Å². The van der Waals surface area contributed by atoms with Crippen molar-refractivity contribution in [3.8, 4) is 0 Å². The first-order valence-corrected chi connectivity index (χ1v) is 8.23. The van der Waals surface area contributed by atoms with E-state index in [1.807, 2.05) is 31.2 Å². The van der Waals surface area contributed by atoms with Crippen molar-refractivity contribution in [2.75, 3.05) is 23.3 Å². The van der Waals surface area contributed by atoms with Crippen molar-refractivity contribution >= 4 is 28.3 Å². The summed E-state index contributed by atoms with van der Waals surface area (Å²) in [4.78, 5) is 22.1. The summed E-state index contributed by atoms with van der Waals surface area (Å²) in [6.45, 7) is 8.21. The topological polar surface area (TPSA) is 61.0 Å². The molecule has 0 unspecified atom stereocenters. The normalized spacial score (nSPS) is 10.8. The summed E-state index contributed by atoms with van der Waals surface area (Å²) in [5.41, 5.74) is 5.19. The first-order chi connectivity index (χ1) is 11.6. The Labute approximate surface area is 141 Å². The van der Waals surface area contributed by atoms with Gasteiger partial charge in [-0.2, -0.15) is 0 Å². The van der Waals surface area contributed by atoms with Crippen LogP contribution in [0.3, 0.4) is 0 Å². The number of aromatic amines is 1. The van der Waals surface area contributed by atoms with Crippen LogP contribution in [0.1, 0.15) is 29.9 Å². The fraction of sp³-hybridized carbons (Fsp3) is 0.263. The quantitative estimate of drug-likeness (QED) is 0.747. The number of fused-ring (bicyclic) bond motifs is 1. The predicted octanol–water partition coefficient (Wildman–Crippen LogP) is 3.97. The van der Waals surface area contributed by atoms with Crippen molar-refractivity contribution in [2.24, 2.45) is 0 Å². The number of carbonyl (C=O) groups is 1. The third kappa shape index (κ3) is 3.11. The summed E-state index contributed by atoms with van der Waals surface area (Å²) >= 11 is 0. The number of pyridine rings is 1. The zero-order chi connectivity index (χ0) is 17.1. The monoisotopic (exact) mass is 322 g/mol. The summed E-state index contributed by atoms with van der Waals surface area (Å²) in [5, 5.41) is 2.97. The van der Waals surface area contributed by atoms with E-state index in [-0.39, 0.29) is 5.91 Å². The van der Waals surface area contributed by atoms with Crippen LogP contribution < -0.4 is 10.2 Å². The summed E-state index contributed by atoms with van der Waals surface area (Å²) in [6, 6.07) is 11.6. The number of hydrogen-bond donors (Lipinski definition) is 2. The van der Waals surface area contributed by atoms with E-state index in [1.54, 1.807) is 12.3 Å². The molecule has 0 spiro atoms. The van der Waals surface area contributed by atoms with Crippen LogP contribution in [0.2, 0.25) is 0 Å². The molecule has 3 aromatic rings. The molecule has 0 saturated carbocycles. The van der Waals surface area contributed by atoms with E-state index in [0.29, 0.717) is 5.69 Å². The fourth-order valence-corrected chi connectivity index (χ4v) is 2.84. The highest BCUT2D eigenvalue weighted by Crippen LogP contribution is 2.23. The number of aromatic nitrogens is 2. The number of carbonyl (C=O) groups excluding carboxylic acids is 1. The average molecular weight is 322 g/mol. The minimum atomic E-state index is -0.160. The van der Waals surface area contributed by atoms with E-state index in [4.69, 9.17) is 0 Å². The maximum Gasteiger partial charge on any atom is 0.272 e. The SMILES string of the molecule is CCN(CC)c1ccc(NC(=O)c2cc3ncccc3[nH]2)c(C)c1.